The van der Waals surface area contributed by atoms with Crippen molar-refractivity contribution in [1.82, 2.24) is 0 Å². The summed E-state index contributed by atoms with van der Waals surface area (Å²) in [5, 5.41) is 0.659. The van der Waals surface area contributed by atoms with Crippen LogP contribution in [0.3, 0.4) is 0 Å². The van der Waals surface area contributed by atoms with Crippen molar-refractivity contribution in [1.29, 1.82) is 0 Å². The van der Waals surface area contributed by atoms with Crippen molar-refractivity contribution in [2.75, 3.05) is 0 Å². The largest absolute Gasteiger partial charge is 0.453 e. The first-order valence-corrected chi connectivity index (χ1v) is 6.85. The van der Waals surface area contributed by atoms with E-state index in [0.29, 0.717) is 15.6 Å². The highest BCUT2D eigenvalue weighted by atomic mass is 35.6. The zero-order valence-corrected chi connectivity index (χ0v) is 13.0. The highest BCUT2D eigenvalue weighted by molar-refractivity contribution is 6.68. The highest BCUT2D eigenvalue weighted by Crippen LogP contribution is 2.43. The van der Waals surface area contributed by atoms with Gasteiger partial charge in [0.25, 0.3) is 0 Å². The molecular formula is C11H9Cl5O2. The van der Waals surface area contributed by atoms with Gasteiger partial charge in [0.2, 0.25) is 3.79 Å². The molecule has 0 aliphatic heterocycles. The van der Waals surface area contributed by atoms with Crippen LogP contribution in [0.5, 0.6) is 0 Å². The molecule has 0 fully saturated rings. The normalized spacial score (nSPS) is 13.2. The number of hydrogen-bond donors (Lipinski definition) is 0. The SMILES string of the molecule is CCC(=O)OC(c1ccc(Cl)c(Cl)c1)C(Cl)(Cl)Cl. The van der Waals surface area contributed by atoms with E-state index in [0.717, 1.165) is 0 Å². The van der Waals surface area contributed by atoms with E-state index in [4.69, 9.17) is 62.7 Å². The number of benzene rings is 1. The van der Waals surface area contributed by atoms with Crippen molar-refractivity contribution in [3.8, 4) is 0 Å². The number of carbonyl (C=O) groups is 1. The van der Waals surface area contributed by atoms with Gasteiger partial charge in [0, 0.05) is 6.42 Å². The summed E-state index contributed by atoms with van der Waals surface area (Å²) in [6.07, 6.45) is -0.858. The molecule has 1 rings (SSSR count). The van der Waals surface area contributed by atoms with E-state index >= 15 is 0 Å². The molecule has 0 spiro atoms. The molecule has 0 heterocycles. The second kappa shape index (κ2) is 6.53. The van der Waals surface area contributed by atoms with Crippen molar-refractivity contribution < 1.29 is 9.53 Å². The van der Waals surface area contributed by atoms with Crippen LogP contribution in [0.25, 0.3) is 0 Å². The van der Waals surface area contributed by atoms with Gasteiger partial charge in [0.05, 0.1) is 10.0 Å². The summed E-state index contributed by atoms with van der Waals surface area (Å²) >= 11 is 29.1. The molecule has 1 aromatic rings. The second-order valence-electron chi connectivity index (χ2n) is 3.44. The zero-order valence-electron chi connectivity index (χ0n) is 9.22. The van der Waals surface area contributed by atoms with Crippen LogP contribution in [0.15, 0.2) is 18.2 Å². The first kappa shape index (κ1) is 16.2. The number of alkyl halides is 3. The molecule has 0 saturated carbocycles. The number of esters is 1. The first-order chi connectivity index (χ1) is 8.25. The molecule has 0 amide bonds. The summed E-state index contributed by atoms with van der Waals surface area (Å²) in [5.74, 6) is -0.475. The minimum atomic E-state index is -1.79. The lowest BCUT2D eigenvalue weighted by Crippen LogP contribution is -2.23. The predicted octanol–water partition coefficient (Wildman–Crippen LogP) is 5.36. The molecule has 1 atom stereocenters. The van der Waals surface area contributed by atoms with E-state index in [1.54, 1.807) is 19.1 Å². The van der Waals surface area contributed by atoms with Gasteiger partial charge in [-0.15, -0.1) is 0 Å². The fraction of sp³-hybridized carbons (Fsp3) is 0.364. The van der Waals surface area contributed by atoms with E-state index in [2.05, 4.69) is 0 Å². The second-order valence-corrected chi connectivity index (χ2v) is 6.62. The van der Waals surface area contributed by atoms with E-state index in [9.17, 15) is 4.79 Å². The van der Waals surface area contributed by atoms with Gasteiger partial charge in [-0.2, -0.15) is 0 Å². The van der Waals surface area contributed by atoms with Crippen LogP contribution in [-0.4, -0.2) is 9.76 Å². The Morgan fingerprint density at radius 3 is 2.33 bits per heavy atom. The van der Waals surface area contributed by atoms with Crippen molar-refractivity contribution in [3.05, 3.63) is 33.8 Å². The molecule has 1 aromatic carbocycles. The lowest BCUT2D eigenvalue weighted by Gasteiger charge is -2.25. The van der Waals surface area contributed by atoms with Crippen LogP contribution >= 0.6 is 58.0 Å². The van der Waals surface area contributed by atoms with Gasteiger partial charge in [-0.1, -0.05) is 71.0 Å². The lowest BCUT2D eigenvalue weighted by molar-refractivity contribution is -0.148. The van der Waals surface area contributed by atoms with Gasteiger partial charge < -0.3 is 4.74 Å². The number of rotatable bonds is 3. The maximum atomic E-state index is 11.3. The molecule has 0 aliphatic carbocycles. The Kier molecular flexibility index (Phi) is 5.88. The Labute approximate surface area is 130 Å². The monoisotopic (exact) mass is 348 g/mol. The Hall–Kier alpha value is 0.140. The fourth-order valence-electron chi connectivity index (χ4n) is 1.21. The lowest BCUT2D eigenvalue weighted by atomic mass is 10.1. The fourth-order valence-corrected chi connectivity index (χ4v) is 2.03. The Morgan fingerprint density at radius 2 is 1.89 bits per heavy atom. The van der Waals surface area contributed by atoms with Crippen LogP contribution in [-0.2, 0) is 9.53 Å². The minimum Gasteiger partial charge on any atom is -0.453 e. The standard InChI is InChI=1S/C11H9Cl5O2/c1-2-9(17)18-10(11(14,15)16)6-3-4-7(12)8(13)5-6/h3-5,10H,2H2,1H3. The molecule has 2 nitrogen and oxygen atoms in total. The van der Waals surface area contributed by atoms with Crippen LogP contribution in [0.1, 0.15) is 25.0 Å². The van der Waals surface area contributed by atoms with Crippen LogP contribution in [0.4, 0.5) is 0 Å². The Morgan fingerprint density at radius 1 is 1.28 bits per heavy atom. The molecule has 7 heteroatoms. The predicted molar refractivity (Wildman–Crippen MR) is 75.9 cm³/mol. The third-order valence-electron chi connectivity index (χ3n) is 2.08. The van der Waals surface area contributed by atoms with E-state index < -0.39 is 15.9 Å². The molecular weight excluding hydrogens is 341 g/mol. The summed E-state index contributed by atoms with van der Waals surface area (Å²) in [7, 11) is 0. The minimum absolute atomic E-state index is 0.179. The van der Waals surface area contributed by atoms with Crippen LogP contribution in [0, 0.1) is 0 Å². The quantitative estimate of drug-likeness (QED) is 0.542. The summed E-state index contributed by atoms with van der Waals surface area (Å²) in [6, 6.07) is 4.63. The number of ether oxygens (including phenoxy) is 1. The number of carbonyl (C=O) groups excluding carboxylic acids is 1. The average molecular weight is 350 g/mol. The van der Waals surface area contributed by atoms with Crippen LogP contribution in [0.2, 0.25) is 10.0 Å². The van der Waals surface area contributed by atoms with E-state index in [1.807, 2.05) is 0 Å². The summed E-state index contributed by atoms with van der Waals surface area (Å²) < 4.78 is 3.32. The molecule has 0 aromatic heterocycles. The average Bonchev–Trinajstić information content (AvgIpc) is 2.28. The first-order valence-electron chi connectivity index (χ1n) is 4.96. The van der Waals surface area contributed by atoms with Gasteiger partial charge in [-0.3, -0.25) is 4.79 Å². The summed E-state index contributed by atoms with van der Waals surface area (Å²) in [5.41, 5.74) is 0.464. The summed E-state index contributed by atoms with van der Waals surface area (Å²) in [6.45, 7) is 1.65. The van der Waals surface area contributed by atoms with E-state index in [-0.39, 0.29) is 6.42 Å². The van der Waals surface area contributed by atoms with Gasteiger partial charge >= 0.3 is 5.97 Å². The van der Waals surface area contributed by atoms with Gasteiger partial charge in [-0.25, -0.2) is 0 Å². The van der Waals surface area contributed by atoms with Gasteiger partial charge in [0.1, 0.15) is 0 Å². The van der Waals surface area contributed by atoms with Gasteiger partial charge in [-0.05, 0) is 17.7 Å². The third kappa shape index (κ3) is 4.36. The third-order valence-corrected chi connectivity index (χ3v) is 3.42. The number of halogens is 5. The smallest absolute Gasteiger partial charge is 0.306 e. The van der Waals surface area contributed by atoms with Gasteiger partial charge in [0.15, 0.2) is 6.10 Å². The molecule has 18 heavy (non-hydrogen) atoms. The Bertz CT molecular complexity index is 442. The number of hydrogen-bond acceptors (Lipinski definition) is 2. The maximum absolute atomic E-state index is 11.3. The Balaban J connectivity index is 3.10. The highest BCUT2D eigenvalue weighted by Gasteiger charge is 2.37. The molecule has 100 valence electrons. The molecule has 0 bridgehead atoms. The topological polar surface area (TPSA) is 26.3 Å². The van der Waals surface area contributed by atoms with Crippen molar-refractivity contribution in [3.63, 3.8) is 0 Å². The van der Waals surface area contributed by atoms with Crippen molar-refractivity contribution in [2.24, 2.45) is 0 Å². The zero-order chi connectivity index (χ0) is 13.9. The van der Waals surface area contributed by atoms with Crippen molar-refractivity contribution >= 4 is 64.0 Å². The summed E-state index contributed by atoms with van der Waals surface area (Å²) in [4.78, 5) is 11.3. The maximum Gasteiger partial charge on any atom is 0.306 e. The molecule has 0 N–H and O–H groups in total. The molecule has 0 radical (unpaired) electrons. The van der Waals surface area contributed by atoms with E-state index in [1.165, 1.54) is 6.07 Å². The molecule has 0 saturated heterocycles. The van der Waals surface area contributed by atoms with Crippen molar-refractivity contribution in [2.45, 2.75) is 23.2 Å². The molecule has 0 aliphatic rings. The van der Waals surface area contributed by atoms with Crippen LogP contribution < -0.4 is 0 Å². The molecule has 1 unspecified atom stereocenters.